The highest BCUT2D eigenvalue weighted by molar-refractivity contribution is 5.96. The van der Waals surface area contributed by atoms with Gasteiger partial charge in [-0.2, -0.15) is 0 Å². The molecular formula is C17H27N5O3. The van der Waals surface area contributed by atoms with Crippen LogP contribution in [0.5, 0.6) is 0 Å². The lowest BCUT2D eigenvalue weighted by molar-refractivity contribution is -0.128. The van der Waals surface area contributed by atoms with Crippen LogP contribution >= 0.6 is 0 Å². The molecule has 138 valence electrons. The van der Waals surface area contributed by atoms with Gasteiger partial charge >= 0.3 is 0 Å². The Morgan fingerprint density at radius 2 is 2.24 bits per heavy atom. The zero-order chi connectivity index (χ0) is 18.0. The van der Waals surface area contributed by atoms with Crippen LogP contribution in [-0.2, 0) is 16.1 Å². The molecule has 3 rings (SSSR count). The Labute approximate surface area is 147 Å². The van der Waals surface area contributed by atoms with E-state index in [0.717, 1.165) is 19.6 Å². The molecule has 0 aliphatic carbocycles. The SMILES string of the molecule is CCC1(Cn2cc(C(=O)N3CCNC(=O)[C@H]3CC(C)C)nn2)COC1. The van der Waals surface area contributed by atoms with Crippen molar-refractivity contribution in [3.63, 3.8) is 0 Å². The highest BCUT2D eigenvalue weighted by atomic mass is 16.5. The zero-order valence-corrected chi connectivity index (χ0v) is 15.2. The van der Waals surface area contributed by atoms with E-state index >= 15 is 0 Å². The normalized spacial score (nSPS) is 22.6. The molecule has 0 radical (unpaired) electrons. The molecule has 2 saturated heterocycles. The van der Waals surface area contributed by atoms with E-state index in [1.54, 1.807) is 15.8 Å². The van der Waals surface area contributed by atoms with E-state index in [0.29, 0.717) is 37.7 Å². The van der Waals surface area contributed by atoms with Crippen molar-refractivity contribution in [1.82, 2.24) is 25.2 Å². The van der Waals surface area contributed by atoms with E-state index in [1.165, 1.54) is 0 Å². The maximum absolute atomic E-state index is 12.9. The van der Waals surface area contributed by atoms with E-state index in [-0.39, 0.29) is 17.2 Å². The second kappa shape index (κ2) is 7.11. The summed E-state index contributed by atoms with van der Waals surface area (Å²) in [5, 5.41) is 11.0. The predicted molar refractivity (Wildman–Crippen MR) is 90.9 cm³/mol. The first-order valence-corrected chi connectivity index (χ1v) is 9.01. The molecule has 2 aliphatic rings. The number of carbonyl (C=O) groups is 2. The first-order chi connectivity index (χ1) is 11.9. The van der Waals surface area contributed by atoms with Crippen LogP contribution in [0.2, 0.25) is 0 Å². The van der Waals surface area contributed by atoms with Crippen molar-refractivity contribution in [3.05, 3.63) is 11.9 Å². The number of rotatable bonds is 6. The molecule has 1 atom stereocenters. The lowest BCUT2D eigenvalue weighted by Gasteiger charge is -2.40. The third-order valence-electron chi connectivity index (χ3n) is 5.11. The summed E-state index contributed by atoms with van der Waals surface area (Å²) in [5.41, 5.74) is 0.397. The smallest absolute Gasteiger partial charge is 0.276 e. The van der Waals surface area contributed by atoms with Crippen LogP contribution in [0.15, 0.2) is 6.20 Å². The topological polar surface area (TPSA) is 89.4 Å². The first-order valence-electron chi connectivity index (χ1n) is 9.01. The van der Waals surface area contributed by atoms with Gasteiger partial charge in [0.1, 0.15) is 6.04 Å². The molecule has 1 aromatic heterocycles. The second-order valence-electron chi connectivity index (χ2n) is 7.58. The Morgan fingerprint density at radius 1 is 1.48 bits per heavy atom. The van der Waals surface area contributed by atoms with E-state index in [2.05, 4.69) is 22.6 Å². The lowest BCUT2D eigenvalue weighted by Crippen LogP contribution is -2.57. The lowest BCUT2D eigenvalue weighted by atomic mass is 9.83. The minimum Gasteiger partial charge on any atom is -0.380 e. The Kier molecular flexibility index (Phi) is 5.08. The van der Waals surface area contributed by atoms with Gasteiger partial charge in [0, 0.05) is 18.5 Å². The van der Waals surface area contributed by atoms with Crippen molar-refractivity contribution in [3.8, 4) is 0 Å². The monoisotopic (exact) mass is 349 g/mol. The van der Waals surface area contributed by atoms with Crippen molar-refractivity contribution in [2.75, 3.05) is 26.3 Å². The number of amides is 2. The van der Waals surface area contributed by atoms with Crippen LogP contribution in [0.1, 0.15) is 44.1 Å². The standard InChI is InChI=1S/C17H27N5O3/c1-4-17(10-25-11-17)9-21-8-13(19-20-21)16(24)22-6-5-18-15(23)14(22)7-12(2)3/h8,12,14H,4-7,9-11H2,1-3H3,(H,18,23)/t14-/m1/s1. The summed E-state index contributed by atoms with van der Waals surface area (Å²) in [5.74, 6) is 0.0160. The number of hydrogen-bond donors (Lipinski definition) is 1. The van der Waals surface area contributed by atoms with E-state index in [1.807, 2.05) is 13.8 Å². The predicted octanol–water partition coefficient (Wildman–Crippen LogP) is 0.691. The van der Waals surface area contributed by atoms with Crippen molar-refractivity contribution in [2.24, 2.45) is 11.3 Å². The van der Waals surface area contributed by atoms with Gasteiger partial charge in [-0.1, -0.05) is 26.0 Å². The number of aromatic nitrogens is 3. The Bertz CT molecular complexity index is 632. The third kappa shape index (κ3) is 3.68. The van der Waals surface area contributed by atoms with Gasteiger partial charge in [0.05, 0.1) is 26.0 Å². The number of piperazine rings is 1. The maximum atomic E-state index is 12.9. The quantitative estimate of drug-likeness (QED) is 0.816. The molecule has 3 heterocycles. The molecule has 0 aromatic carbocycles. The van der Waals surface area contributed by atoms with Gasteiger partial charge in [-0.05, 0) is 18.8 Å². The highest BCUT2D eigenvalue weighted by Crippen LogP contribution is 2.32. The van der Waals surface area contributed by atoms with Crippen LogP contribution in [0, 0.1) is 11.3 Å². The van der Waals surface area contributed by atoms with Crippen LogP contribution in [0.25, 0.3) is 0 Å². The fourth-order valence-corrected chi connectivity index (χ4v) is 3.40. The molecule has 1 N–H and O–H groups in total. The minimum atomic E-state index is -0.437. The summed E-state index contributed by atoms with van der Waals surface area (Å²) in [6.07, 6.45) is 3.33. The van der Waals surface area contributed by atoms with Crippen molar-refractivity contribution in [1.29, 1.82) is 0 Å². The summed E-state index contributed by atoms with van der Waals surface area (Å²) in [6.45, 7) is 9.33. The van der Waals surface area contributed by atoms with Gasteiger partial charge in [0.25, 0.3) is 5.91 Å². The van der Waals surface area contributed by atoms with Crippen LogP contribution in [0.4, 0.5) is 0 Å². The molecule has 0 saturated carbocycles. The Balaban J connectivity index is 1.72. The summed E-state index contributed by atoms with van der Waals surface area (Å²) >= 11 is 0. The Morgan fingerprint density at radius 3 is 2.84 bits per heavy atom. The molecule has 2 amide bonds. The van der Waals surface area contributed by atoms with Crippen LogP contribution in [-0.4, -0.2) is 64.1 Å². The van der Waals surface area contributed by atoms with Gasteiger partial charge in [-0.15, -0.1) is 5.10 Å². The first kappa shape index (κ1) is 17.8. The van der Waals surface area contributed by atoms with Gasteiger partial charge < -0.3 is 15.0 Å². The maximum Gasteiger partial charge on any atom is 0.276 e. The summed E-state index contributed by atoms with van der Waals surface area (Å²) in [4.78, 5) is 26.7. The summed E-state index contributed by atoms with van der Waals surface area (Å²) in [6, 6.07) is -0.437. The molecular weight excluding hydrogens is 322 g/mol. The van der Waals surface area contributed by atoms with E-state index in [9.17, 15) is 9.59 Å². The van der Waals surface area contributed by atoms with Crippen LogP contribution in [0.3, 0.4) is 0 Å². The number of nitrogens with one attached hydrogen (secondary N) is 1. The number of ether oxygens (including phenoxy) is 1. The van der Waals surface area contributed by atoms with Crippen molar-refractivity contribution < 1.29 is 14.3 Å². The fourth-order valence-electron chi connectivity index (χ4n) is 3.40. The average molecular weight is 349 g/mol. The summed E-state index contributed by atoms with van der Waals surface area (Å²) in [7, 11) is 0. The molecule has 0 bridgehead atoms. The molecule has 8 nitrogen and oxygen atoms in total. The van der Waals surface area contributed by atoms with Gasteiger partial charge in [-0.3, -0.25) is 14.3 Å². The minimum absolute atomic E-state index is 0.0859. The van der Waals surface area contributed by atoms with E-state index < -0.39 is 6.04 Å². The molecule has 2 fully saturated rings. The van der Waals surface area contributed by atoms with Crippen molar-refractivity contribution in [2.45, 2.75) is 46.2 Å². The summed E-state index contributed by atoms with van der Waals surface area (Å²) < 4.78 is 7.06. The molecule has 1 aromatic rings. The number of hydrogen-bond acceptors (Lipinski definition) is 5. The largest absolute Gasteiger partial charge is 0.380 e. The number of carbonyl (C=O) groups excluding carboxylic acids is 2. The molecule has 2 aliphatic heterocycles. The molecule has 25 heavy (non-hydrogen) atoms. The second-order valence-corrected chi connectivity index (χ2v) is 7.58. The van der Waals surface area contributed by atoms with Crippen LogP contribution < -0.4 is 5.32 Å². The van der Waals surface area contributed by atoms with Crippen molar-refractivity contribution >= 4 is 11.8 Å². The fraction of sp³-hybridized carbons (Fsp3) is 0.765. The van der Waals surface area contributed by atoms with Gasteiger partial charge in [0.15, 0.2) is 5.69 Å². The zero-order valence-electron chi connectivity index (χ0n) is 15.2. The Hall–Kier alpha value is -1.96. The third-order valence-corrected chi connectivity index (χ3v) is 5.11. The average Bonchev–Trinajstić information content (AvgIpc) is 3.00. The molecule has 0 unspecified atom stereocenters. The van der Waals surface area contributed by atoms with Gasteiger partial charge in [0.2, 0.25) is 5.91 Å². The van der Waals surface area contributed by atoms with E-state index in [4.69, 9.17) is 4.74 Å². The molecule has 8 heteroatoms. The van der Waals surface area contributed by atoms with Gasteiger partial charge in [-0.25, -0.2) is 0 Å². The molecule has 0 spiro atoms. The number of nitrogens with zero attached hydrogens (tertiary/aromatic N) is 4. The highest BCUT2D eigenvalue weighted by Gasteiger charge is 2.38.